The lowest BCUT2D eigenvalue weighted by atomic mass is 10.2. The number of carbonyl (C=O) groups excluding carboxylic acids is 1. The van der Waals surface area contributed by atoms with Crippen molar-refractivity contribution in [1.82, 2.24) is 4.90 Å². The fraction of sp³-hybridized carbons (Fsp3) is 0.500. The number of nitrogens with one attached hydrogen (secondary N) is 1. The van der Waals surface area contributed by atoms with Crippen molar-refractivity contribution < 1.29 is 13.2 Å². The zero-order valence-electron chi connectivity index (χ0n) is 12.1. The van der Waals surface area contributed by atoms with Gasteiger partial charge >= 0.3 is 0 Å². The summed E-state index contributed by atoms with van der Waals surface area (Å²) in [6, 6.07) is 7.25. The number of sulfone groups is 1. The number of hydrogen-bond donors (Lipinski definition) is 2. The van der Waals surface area contributed by atoms with E-state index in [0.29, 0.717) is 18.8 Å². The summed E-state index contributed by atoms with van der Waals surface area (Å²) in [4.78, 5) is 14.0. The maximum Gasteiger partial charge on any atom is 0.238 e. The van der Waals surface area contributed by atoms with Gasteiger partial charge in [-0.2, -0.15) is 0 Å². The minimum Gasteiger partial charge on any atom is -0.326 e. The number of anilines is 1. The second-order valence-corrected chi connectivity index (χ2v) is 7.57. The molecule has 0 aliphatic carbocycles. The van der Waals surface area contributed by atoms with Gasteiger partial charge in [-0.25, -0.2) is 8.42 Å². The average molecular weight is 311 g/mol. The second-order valence-electron chi connectivity index (χ2n) is 5.34. The zero-order valence-corrected chi connectivity index (χ0v) is 12.9. The summed E-state index contributed by atoms with van der Waals surface area (Å²) >= 11 is 0. The molecule has 116 valence electrons. The van der Waals surface area contributed by atoms with E-state index in [4.69, 9.17) is 5.73 Å². The van der Waals surface area contributed by atoms with Gasteiger partial charge in [0.05, 0.1) is 18.1 Å². The molecule has 1 amide bonds. The summed E-state index contributed by atoms with van der Waals surface area (Å²) in [6.07, 6.45) is 0. The average Bonchev–Trinajstić information content (AvgIpc) is 2.42. The van der Waals surface area contributed by atoms with Crippen LogP contribution in [0.3, 0.4) is 0 Å². The molecule has 0 spiro atoms. The van der Waals surface area contributed by atoms with Gasteiger partial charge in [0, 0.05) is 24.8 Å². The smallest absolute Gasteiger partial charge is 0.238 e. The maximum absolute atomic E-state index is 12.1. The fourth-order valence-electron chi connectivity index (χ4n) is 2.46. The minimum absolute atomic E-state index is 0.111. The van der Waals surface area contributed by atoms with E-state index >= 15 is 0 Å². The van der Waals surface area contributed by atoms with Crippen LogP contribution in [0.25, 0.3) is 0 Å². The first-order valence-corrected chi connectivity index (χ1v) is 8.76. The van der Waals surface area contributed by atoms with Crippen LogP contribution < -0.4 is 11.1 Å². The van der Waals surface area contributed by atoms with E-state index in [1.807, 2.05) is 36.1 Å². The first kappa shape index (κ1) is 15.9. The lowest BCUT2D eigenvalue weighted by Crippen LogP contribution is -2.49. The summed E-state index contributed by atoms with van der Waals surface area (Å²) in [5, 5.41) is 2.84. The van der Waals surface area contributed by atoms with Gasteiger partial charge < -0.3 is 11.1 Å². The zero-order chi connectivity index (χ0) is 15.5. The lowest BCUT2D eigenvalue weighted by molar-refractivity contribution is -0.117. The normalized spacial score (nSPS) is 21.9. The quantitative estimate of drug-likeness (QED) is 0.829. The molecule has 1 saturated heterocycles. The maximum atomic E-state index is 12.1. The van der Waals surface area contributed by atoms with Crippen molar-refractivity contribution in [2.24, 2.45) is 5.73 Å². The highest BCUT2D eigenvalue weighted by atomic mass is 32.2. The van der Waals surface area contributed by atoms with Crippen LogP contribution in [0.2, 0.25) is 0 Å². The number of nitrogens with zero attached hydrogens (tertiary/aromatic N) is 1. The number of amides is 1. The third-order valence-electron chi connectivity index (χ3n) is 3.67. The number of benzene rings is 1. The van der Waals surface area contributed by atoms with E-state index in [-0.39, 0.29) is 30.0 Å². The summed E-state index contributed by atoms with van der Waals surface area (Å²) in [5.41, 5.74) is 7.22. The van der Waals surface area contributed by atoms with Gasteiger partial charge in [0.2, 0.25) is 5.91 Å². The molecule has 0 radical (unpaired) electrons. The van der Waals surface area contributed by atoms with Gasteiger partial charge in [0.1, 0.15) is 0 Å². The second kappa shape index (κ2) is 6.55. The molecule has 1 aromatic carbocycles. The highest BCUT2D eigenvalue weighted by Gasteiger charge is 2.29. The molecule has 1 unspecified atom stereocenters. The van der Waals surface area contributed by atoms with Gasteiger partial charge in [-0.3, -0.25) is 9.69 Å². The van der Waals surface area contributed by atoms with Gasteiger partial charge in [-0.1, -0.05) is 18.2 Å². The number of nitrogens with two attached hydrogens (primary N) is 1. The molecule has 1 fully saturated rings. The van der Waals surface area contributed by atoms with Crippen LogP contribution >= 0.6 is 0 Å². The first-order chi connectivity index (χ1) is 9.91. The van der Waals surface area contributed by atoms with E-state index < -0.39 is 9.84 Å². The summed E-state index contributed by atoms with van der Waals surface area (Å²) in [7, 11) is -2.96. The molecule has 1 atom stereocenters. The fourth-order valence-corrected chi connectivity index (χ4v) is 4.09. The number of para-hydroxylation sites is 1. The van der Waals surface area contributed by atoms with E-state index in [1.54, 1.807) is 0 Å². The SMILES string of the molecule is CC1CS(=O)(=O)CCN1CC(=O)Nc1ccccc1CN. The van der Waals surface area contributed by atoms with Crippen LogP contribution in [0, 0.1) is 0 Å². The molecule has 0 saturated carbocycles. The van der Waals surface area contributed by atoms with Gasteiger partial charge in [-0.05, 0) is 18.6 Å². The number of hydrogen-bond acceptors (Lipinski definition) is 5. The number of carbonyl (C=O) groups is 1. The standard InChI is InChI=1S/C14H21N3O3S/c1-11-10-21(19,20)7-6-17(11)9-14(18)16-13-5-3-2-4-12(13)8-15/h2-5,11H,6-10,15H2,1H3,(H,16,18). The Morgan fingerprint density at radius 2 is 2.14 bits per heavy atom. The predicted molar refractivity (Wildman–Crippen MR) is 82.7 cm³/mol. The Morgan fingerprint density at radius 3 is 2.81 bits per heavy atom. The van der Waals surface area contributed by atoms with Gasteiger partial charge in [0.15, 0.2) is 9.84 Å². The van der Waals surface area contributed by atoms with Gasteiger partial charge in [0.25, 0.3) is 0 Å². The number of rotatable bonds is 4. The third-order valence-corrected chi connectivity index (χ3v) is 5.46. The van der Waals surface area contributed by atoms with Crippen molar-refractivity contribution in [1.29, 1.82) is 0 Å². The molecule has 1 aliphatic rings. The summed E-state index contributed by atoms with van der Waals surface area (Å²) in [6.45, 7) is 2.78. The molecular weight excluding hydrogens is 290 g/mol. The Balaban J connectivity index is 1.96. The Kier molecular flexibility index (Phi) is 4.97. The van der Waals surface area contributed by atoms with E-state index in [1.165, 1.54) is 0 Å². The Hall–Kier alpha value is -1.44. The molecule has 1 heterocycles. The van der Waals surface area contributed by atoms with Crippen LogP contribution in [0.5, 0.6) is 0 Å². The lowest BCUT2D eigenvalue weighted by Gasteiger charge is -2.32. The third kappa shape index (κ3) is 4.26. The molecule has 1 aromatic rings. The molecule has 2 rings (SSSR count). The highest BCUT2D eigenvalue weighted by molar-refractivity contribution is 7.91. The Bertz CT molecular complexity index is 616. The van der Waals surface area contributed by atoms with Crippen molar-refractivity contribution in [3.8, 4) is 0 Å². The van der Waals surface area contributed by atoms with Crippen LogP contribution in [0.15, 0.2) is 24.3 Å². The van der Waals surface area contributed by atoms with E-state index in [2.05, 4.69) is 5.32 Å². The minimum atomic E-state index is -2.96. The van der Waals surface area contributed by atoms with Gasteiger partial charge in [-0.15, -0.1) is 0 Å². The van der Waals surface area contributed by atoms with E-state index in [9.17, 15) is 13.2 Å². The molecular formula is C14H21N3O3S. The van der Waals surface area contributed by atoms with Crippen molar-refractivity contribution in [3.05, 3.63) is 29.8 Å². The van der Waals surface area contributed by atoms with Crippen LogP contribution in [0.4, 0.5) is 5.69 Å². The summed E-state index contributed by atoms with van der Waals surface area (Å²) in [5.74, 6) is 0.0750. The van der Waals surface area contributed by atoms with Crippen molar-refractivity contribution in [3.63, 3.8) is 0 Å². The molecule has 6 nitrogen and oxygen atoms in total. The summed E-state index contributed by atoms with van der Waals surface area (Å²) < 4.78 is 23.1. The largest absolute Gasteiger partial charge is 0.326 e. The topological polar surface area (TPSA) is 92.5 Å². The highest BCUT2D eigenvalue weighted by Crippen LogP contribution is 2.15. The Morgan fingerprint density at radius 1 is 1.43 bits per heavy atom. The molecule has 0 aromatic heterocycles. The van der Waals surface area contributed by atoms with Crippen molar-refractivity contribution in [2.45, 2.75) is 19.5 Å². The van der Waals surface area contributed by atoms with Crippen LogP contribution in [-0.4, -0.2) is 49.9 Å². The van der Waals surface area contributed by atoms with Crippen molar-refractivity contribution in [2.75, 3.05) is 29.9 Å². The molecule has 7 heteroatoms. The molecule has 21 heavy (non-hydrogen) atoms. The molecule has 3 N–H and O–H groups in total. The molecule has 1 aliphatic heterocycles. The van der Waals surface area contributed by atoms with Crippen LogP contribution in [0.1, 0.15) is 12.5 Å². The first-order valence-electron chi connectivity index (χ1n) is 6.93. The monoisotopic (exact) mass is 311 g/mol. The van der Waals surface area contributed by atoms with Crippen LogP contribution in [-0.2, 0) is 21.2 Å². The van der Waals surface area contributed by atoms with Crippen molar-refractivity contribution >= 4 is 21.4 Å². The predicted octanol–water partition coefficient (Wildman–Crippen LogP) is 0.203. The Labute approximate surface area is 125 Å². The molecule has 0 bridgehead atoms. The van der Waals surface area contributed by atoms with E-state index in [0.717, 1.165) is 5.56 Å².